The Hall–Kier alpha value is -1.58. The highest BCUT2D eigenvalue weighted by atomic mass is 16.1. The summed E-state index contributed by atoms with van der Waals surface area (Å²) in [7, 11) is 0. The number of hydrogen-bond acceptors (Lipinski definition) is 3. The molecule has 1 saturated carbocycles. The standard InChI is InChI=1S/C13H19N3O/c1-13(2)6-3-4-10(13)16-12(17)9-5-7-15-11(14)8-9/h5,7-8,10H,3-4,6H2,1-2H3,(H2,14,15)(H,16,17). The molecule has 2 rings (SSSR count). The van der Waals surface area contributed by atoms with Crippen LogP contribution in [-0.2, 0) is 0 Å². The predicted molar refractivity (Wildman–Crippen MR) is 67.5 cm³/mol. The third-order valence-corrected chi connectivity index (χ3v) is 3.61. The van der Waals surface area contributed by atoms with E-state index in [0.29, 0.717) is 11.4 Å². The van der Waals surface area contributed by atoms with Crippen molar-refractivity contribution in [2.75, 3.05) is 5.73 Å². The maximum absolute atomic E-state index is 12.0. The number of aromatic nitrogens is 1. The van der Waals surface area contributed by atoms with Crippen LogP contribution in [0.2, 0.25) is 0 Å². The van der Waals surface area contributed by atoms with Crippen molar-refractivity contribution >= 4 is 11.7 Å². The Morgan fingerprint density at radius 1 is 1.59 bits per heavy atom. The van der Waals surface area contributed by atoms with E-state index in [-0.39, 0.29) is 17.4 Å². The first-order chi connectivity index (χ1) is 7.99. The van der Waals surface area contributed by atoms with Gasteiger partial charge in [0, 0.05) is 17.8 Å². The third kappa shape index (κ3) is 2.57. The number of nitrogens with one attached hydrogen (secondary N) is 1. The van der Waals surface area contributed by atoms with Gasteiger partial charge in [-0.25, -0.2) is 4.98 Å². The zero-order valence-corrected chi connectivity index (χ0v) is 10.4. The molecule has 1 atom stereocenters. The summed E-state index contributed by atoms with van der Waals surface area (Å²) in [5.41, 5.74) is 6.34. The number of anilines is 1. The zero-order valence-electron chi connectivity index (χ0n) is 10.4. The number of carbonyl (C=O) groups is 1. The van der Waals surface area contributed by atoms with Crippen LogP contribution in [0.15, 0.2) is 18.3 Å². The lowest BCUT2D eigenvalue weighted by Crippen LogP contribution is -2.41. The first-order valence-corrected chi connectivity index (χ1v) is 6.01. The number of nitrogens with zero attached hydrogens (tertiary/aromatic N) is 1. The highest BCUT2D eigenvalue weighted by molar-refractivity contribution is 5.94. The molecule has 0 saturated heterocycles. The molecule has 0 spiro atoms. The molecule has 1 heterocycles. The number of nitrogen functional groups attached to an aromatic ring is 1. The lowest BCUT2D eigenvalue weighted by atomic mass is 9.87. The average Bonchev–Trinajstić information content (AvgIpc) is 2.58. The van der Waals surface area contributed by atoms with Gasteiger partial charge in [0.25, 0.3) is 5.91 Å². The van der Waals surface area contributed by atoms with Crippen LogP contribution in [-0.4, -0.2) is 16.9 Å². The maximum atomic E-state index is 12.0. The van der Waals surface area contributed by atoms with E-state index in [1.54, 1.807) is 18.3 Å². The molecule has 0 aromatic carbocycles. The van der Waals surface area contributed by atoms with E-state index in [1.807, 2.05) is 0 Å². The minimum atomic E-state index is -0.0564. The van der Waals surface area contributed by atoms with E-state index in [9.17, 15) is 4.79 Å². The summed E-state index contributed by atoms with van der Waals surface area (Å²) in [5.74, 6) is 0.322. The van der Waals surface area contributed by atoms with E-state index in [1.165, 1.54) is 6.42 Å². The van der Waals surface area contributed by atoms with Gasteiger partial charge in [-0.1, -0.05) is 20.3 Å². The van der Waals surface area contributed by atoms with Crippen molar-refractivity contribution < 1.29 is 4.79 Å². The van der Waals surface area contributed by atoms with Gasteiger partial charge >= 0.3 is 0 Å². The average molecular weight is 233 g/mol. The van der Waals surface area contributed by atoms with Crippen LogP contribution >= 0.6 is 0 Å². The van der Waals surface area contributed by atoms with Gasteiger partial charge in [0.05, 0.1) is 0 Å². The van der Waals surface area contributed by atoms with Gasteiger partial charge in [0.15, 0.2) is 0 Å². The summed E-state index contributed by atoms with van der Waals surface area (Å²) < 4.78 is 0. The van der Waals surface area contributed by atoms with Crippen molar-refractivity contribution in [2.45, 2.75) is 39.2 Å². The molecule has 1 unspecified atom stereocenters. The van der Waals surface area contributed by atoms with Crippen molar-refractivity contribution in [3.05, 3.63) is 23.9 Å². The smallest absolute Gasteiger partial charge is 0.251 e. The van der Waals surface area contributed by atoms with E-state index in [4.69, 9.17) is 5.73 Å². The molecule has 4 nitrogen and oxygen atoms in total. The molecule has 1 amide bonds. The second kappa shape index (κ2) is 4.35. The van der Waals surface area contributed by atoms with Crippen LogP contribution in [0.3, 0.4) is 0 Å². The van der Waals surface area contributed by atoms with Crippen LogP contribution in [0.25, 0.3) is 0 Å². The van der Waals surface area contributed by atoms with Crippen LogP contribution in [0.1, 0.15) is 43.5 Å². The van der Waals surface area contributed by atoms with Crippen molar-refractivity contribution in [1.82, 2.24) is 10.3 Å². The van der Waals surface area contributed by atoms with E-state index >= 15 is 0 Å². The van der Waals surface area contributed by atoms with Crippen LogP contribution in [0.5, 0.6) is 0 Å². The fraction of sp³-hybridized carbons (Fsp3) is 0.538. The van der Waals surface area contributed by atoms with Gasteiger partial charge in [-0.2, -0.15) is 0 Å². The first kappa shape index (κ1) is 11.9. The second-order valence-electron chi connectivity index (χ2n) is 5.38. The van der Waals surface area contributed by atoms with Gasteiger partial charge < -0.3 is 11.1 Å². The van der Waals surface area contributed by atoms with Crippen molar-refractivity contribution in [3.63, 3.8) is 0 Å². The van der Waals surface area contributed by atoms with Crippen LogP contribution in [0, 0.1) is 5.41 Å². The Balaban J connectivity index is 2.07. The molecule has 0 radical (unpaired) electrons. The van der Waals surface area contributed by atoms with E-state index in [2.05, 4.69) is 24.1 Å². The Morgan fingerprint density at radius 3 is 2.94 bits per heavy atom. The number of amides is 1. The first-order valence-electron chi connectivity index (χ1n) is 6.01. The SMILES string of the molecule is CC1(C)CCCC1NC(=O)c1ccnc(N)c1. The number of nitrogens with two attached hydrogens (primary N) is 1. The van der Waals surface area contributed by atoms with Gasteiger partial charge in [-0.3, -0.25) is 4.79 Å². The molecule has 1 aromatic heterocycles. The second-order valence-corrected chi connectivity index (χ2v) is 5.38. The summed E-state index contributed by atoms with van der Waals surface area (Å²) in [6.45, 7) is 4.40. The molecule has 92 valence electrons. The molecule has 1 aliphatic rings. The molecule has 1 aromatic rings. The molecule has 1 aliphatic carbocycles. The highest BCUT2D eigenvalue weighted by Crippen LogP contribution is 2.37. The van der Waals surface area contributed by atoms with Gasteiger partial charge in [0.2, 0.25) is 0 Å². The predicted octanol–water partition coefficient (Wildman–Crippen LogP) is 1.97. The number of rotatable bonds is 2. The minimum absolute atomic E-state index is 0.0564. The highest BCUT2D eigenvalue weighted by Gasteiger charge is 2.35. The lowest BCUT2D eigenvalue weighted by Gasteiger charge is -2.27. The summed E-state index contributed by atoms with van der Waals surface area (Å²) in [5, 5.41) is 3.09. The summed E-state index contributed by atoms with van der Waals surface area (Å²) in [6, 6.07) is 3.55. The maximum Gasteiger partial charge on any atom is 0.251 e. The number of hydrogen-bond donors (Lipinski definition) is 2. The van der Waals surface area contributed by atoms with Gasteiger partial charge in [0.1, 0.15) is 5.82 Å². The molecule has 0 aliphatic heterocycles. The minimum Gasteiger partial charge on any atom is -0.384 e. The number of pyridine rings is 1. The van der Waals surface area contributed by atoms with Crippen molar-refractivity contribution in [2.24, 2.45) is 5.41 Å². The van der Waals surface area contributed by atoms with Gasteiger partial charge in [-0.15, -0.1) is 0 Å². The molecule has 3 N–H and O–H groups in total. The lowest BCUT2D eigenvalue weighted by molar-refractivity contribution is 0.0910. The Morgan fingerprint density at radius 2 is 2.35 bits per heavy atom. The molecule has 1 fully saturated rings. The molecule has 0 bridgehead atoms. The largest absolute Gasteiger partial charge is 0.384 e. The third-order valence-electron chi connectivity index (χ3n) is 3.61. The summed E-state index contributed by atoms with van der Waals surface area (Å²) in [4.78, 5) is 15.9. The normalized spacial score (nSPS) is 22.4. The summed E-state index contributed by atoms with van der Waals surface area (Å²) >= 11 is 0. The fourth-order valence-electron chi connectivity index (χ4n) is 2.43. The van der Waals surface area contributed by atoms with Crippen LogP contribution in [0.4, 0.5) is 5.82 Å². The monoisotopic (exact) mass is 233 g/mol. The Bertz CT molecular complexity index is 428. The van der Waals surface area contributed by atoms with Crippen molar-refractivity contribution in [3.8, 4) is 0 Å². The summed E-state index contributed by atoms with van der Waals surface area (Å²) in [6.07, 6.45) is 4.95. The van der Waals surface area contributed by atoms with E-state index < -0.39 is 0 Å². The van der Waals surface area contributed by atoms with Gasteiger partial charge in [-0.05, 0) is 30.4 Å². The number of carbonyl (C=O) groups excluding carboxylic acids is 1. The zero-order chi connectivity index (χ0) is 12.5. The van der Waals surface area contributed by atoms with Crippen molar-refractivity contribution in [1.29, 1.82) is 0 Å². The molecule has 4 heteroatoms. The molecule has 17 heavy (non-hydrogen) atoms. The fourth-order valence-corrected chi connectivity index (χ4v) is 2.43. The Labute approximate surface area is 102 Å². The quantitative estimate of drug-likeness (QED) is 0.820. The molecular formula is C13H19N3O. The Kier molecular flexibility index (Phi) is 3.05. The molecular weight excluding hydrogens is 214 g/mol. The topological polar surface area (TPSA) is 68.0 Å². The van der Waals surface area contributed by atoms with Crippen LogP contribution < -0.4 is 11.1 Å². The van der Waals surface area contributed by atoms with E-state index in [0.717, 1.165) is 12.8 Å².